The van der Waals surface area contributed by atoms with Gasteiger partial charge < -0.3 is 14.6 Å². The zero-order valence-electron chi connectivity index (χ0n) is 55.2. The van der Waals surface area contributed by atoms with E-state index in [1.165, 1.54) is 109 Å². The van der Waals surface area contributed by atoms with Crippen molar-refractivity contribution >= 4 is 11.9 Å². The minimum atomic E-state index is -0.791. The van der Waals surface area contributed by atoms with Crippen molar-refractivity contribution in [3.05, 3.63) is 194 Å². The van der Waals surface area contributed by atoms with E-state index in [2.05, 4.69) is 208 Å². The highest BCUT2D eigenvalue weighted by Gasteiger charge is 2.16. The number of carbonyl (C=O) groups excluding carboxylic acids is 2. The number of aliphatic hydroxyl groups is 1. The van der Waals surface area contributed by atoms with E-state index in [9.17, 15) is 14.7 Å². The number of carbonyl (C=O) groups is 2. The molecule has 0 fully saturated rings. The molecule has 1 N–H and O–H groups in total. The molecule has 0 aliphatic heterocycles. The van der Waals surface area contributed by atoms with Crippen LogP contribution in [0, 0.1) is 0 Å². The summed E-state index contributed by atoms with van der Waals surface area (Å²) in [6.07, 6.45) is 117. The summed E-state index contributed by atoms with van der Waals surface area (Å²) in [6, 6.07) is 0. The molecule has 0 aromatic carbocycles. The monoisotopic (exact) mass is 1180 g/mol. The highest BCUT2D eigenvalue weighted by Crippen LogP contribution is 2.16. The molecule has 0 aliphatic carbocycles. The highest BCUT2D eigenvalue weighted by molar-refractivity contribution is 5.70. The molecule has 1 atom stereocenters. The first-order valence-electron chi connectivity index (χ1n) is 35.0. The van der Waals surface area contributed by atoms with Gasteiger partial charge in [0.1, 0.15) is 6.61 Å². The number of allylic oxidation sites excluding steroid dienone is 32. The summed E-state index contributed by atoms with van der Waals surface area (Å²) >= 11 is 0. The average Bonchev–Trinajstić information content (AvgIpc) is 3.53. The molecule has 482 valence electrons. The lowest BCUT2D eigenvalue weighted by atomic mass is 10.0. The molecule has 0 rings (SSSR count). The van der Waals surface area contributed by atoms with Crippen LogP contribution in [0.15, 0.2) is 194 Å². The van der Waals surface area contributed by atoms with Gasteiger partial charge in [0.2, 0.25) is 0 Å². The van der Waals surface area contributed by atoms with Crippen LogP contribution in [0.5, 0.6) is 0 Å². The number of aliphatic hydroxyl groups excluding tert-OH is 1. The normalized spacial score (nSPS) is 13.5. The molecular formula is C81H128O5. The molecular weight excluding hydrogens is 1050 g/mol. The van der Waals surface area contributed by atoms with Gasteiger partial charge in [-0.3, -0.25) is 9.59 Å². The van der Waals surface area contributed by atoms with Gasteiger partial charge in [0, 0.05) is 12.8 Å². The van der Waals surface area contributed by atoms with Gasteiger partial charge in [0.25, 0.3) is 0 Å². The van der Waals surface area contributed by atoms with E-state index in [4.69, 9.17) is 9.47 Å². The Morgan fingerprint density at radius 2 is 0.465 bits per heavy atom. The van der Waals surface area contributed by atoms with Gasteiger partial charge >= 0.3 is 11.9 Å². The van der Waals surface area contributed by atoms with E-state index in [0.717, 1.165) is 148 Å². The average molecular weight is 1180 g/mol. The van der Waals surface area contributed by atoms with Crippen molar-refractivity contribution in [1.82, 2.24) is 0 Å². The standard InChI is InChI=1S/C81H128O5/c1-3-5-7-9-11-13-15-17-19-21-23-25-27-29-31-33-35-37-39-40-42-44-46-48-50-52-54-56-58-60-62-64-66-68-70-72-74-76-81(84)86-79(77-82)78-85-80(83)75-73-71-69-67-65-63-61-59-57-55-53-51-49-47-45-43-41-38-36-34-32-30-28-26-24-22-20-18-16-14-12-10-8-6-4-2/h5-8,11-14,17-20,23-26,29-32,35-38,40,42-43,45-46,48,52,54,79,82H,3-4,9-10,15-16,21-22,27-28,33-34,39,41,44,47,49-51,53,55-78H2,1-2H3/b7-5-,8-6-,13-11-,14-12-,19-17-,20-18-,25-23-,26-24-,31-29-,32-30-,37-35-,38-36-,42-40-,45-43-,48-46-,54-52-. The molecule has 5 heteroatoms. The third-order valence-corrected chi connectivity index (χ3v) is 14.4. The second kappa shape index (κ2) is 74.0. The molecule has 0 aliphatic rings. The SMILES string of the molecule is CC/C=C\C/C=C\C/C=C\C/C=C\C/C=C\C/C=C\C/C=C\C/C=C\C/C=C\CCCCCCCCCCCC(=O)OC(CO)COC(=O)CCCCCCCCCCCCCCC/C=C\C/C=C\C/C=C\C/C=C\C/C=C\C/C=C\C/C=C\CC. The Hall–Kier alpha value is -5.26. The van der Waals surface area contributed by atoms with Crippen molar-refractivity contribution in [2.24, 2.45) is 0 Å². The Kier molecular flexibility index (Phi) is 69.5. The van der Waals surface area contributed by atoms with Gasteiger partial charge in [0.05, 0.1) is 6.61 Å². The molecule has 0 radical (unpaired) electrons. The largest absolute Gasteiger partial charge is 0.462 e. The number of unbranched alkanes of at least 4 members (excludes halogenated alkanes) is 22. The molecule has 0 spiro atoms. The predicted octanol–water partition coefficient (Wildman–Crippen LogP) is 24.8. The molecule has 0 aromatic heterocycles. The lowest BCUT2D eigenvalue weighted by Gasteiger charge is -2.15. The topological polar surface area (TPSA) is 72.8 Å². The molecule has 1 unspecified atom stereocenters. The van der Waals surface area contributed by atoms with Crippen LogP contribution >= 0.6 is 0 Å². The molecule has 5 nitrogen and oxygen atoms in total. The number of hydrogen-bond acceptors (Lipinski definition) is 5. The second-order valence-electron chi connectivity index (χ2n) is 22.5. The number of esters is 2. The minimum Gasteiger partial charge on any atom is -0.462 e. The van der Waals surface area contributed by atoms with E-state index in [0.29, 0.717) is 12.8 Å². The first-order chi connectivity index (χ1) is 42.6. The molecule has 0 bridgehead atoms. The summed E-state index contributed by atoms with van der Waals surface area (Å²) in [5.74, 6) is -0.606. The van der Waals surface area contributed by atoms with E-state index < -0.39 is 6.10 Å². The molecule has 0 saturated carbocycles. The Morgan fingerprint density at radius 3 is 0.698 bits per heavy atom. The van der Waals surface area contributed by atoms with Crippen molar-refractivity contribution in [2.75, 3.05) is 13.2 Å². The Labute approximate surface area is 530 Å². The summed E-state index contributed by atoms with van der Waals surface area (Å²) in [4.78, 5) is 24.7. The minimum absolute atomic E-state index is 0.0793. The molecule has 0 heterocycles. The zero-order valence-corrected chi connectivity index (χ0v) is 55.2. The van der Waals surface area contributed by atoms with Crippen LogP contribution in [0.4, 0.5) is 0 Å². The van der Waals surface area contributed by atoms with E-state index in [1.54, 1.807) is 0 Å². The second-order valence-corrected chi connectivity index (χ2v) is 22.5. The maximum absolute atomic E-state index is 12.4. The lowest BCUT2D eigenvalue weighted by Crippen LogP contribution is -2.28. The van der Waals surface area contributed by atoms with Gasteiger partial charge in [-0.15, -0.1) is 0 Å². The molecule has 86 heavy (non-hydrogen) atoms. The van der Waals surface area contributed by atoms with Gasteiger partial charge in [-0.1, -0.05) is 324 Å². The third kappa shape index (κ3) is 71.2. The number of rotatable bonds is 62. The van der Waals surface area contributed by atoms with E-state index in [-0.39, 0.29) is 25.2 Å². The van der Waals surface area contributed by atoms with Crippen LogP contribution in [0.3, 0.4) is 0 Å². The van der Waals surface area contributed by atoms with Crippen molar-refractivity contribution in [3.63, 3.8) is 0 Å². The van der Waals surface area contributed by atoms with Crippen LogP contribution < -0.4 is 0 Å². The smallest absolute Gasteiger partial charge is 0.306 e. The third-order valence-electron chi connectivity index (χ3n) is 14.4. The first-order valence-corrected chi connectivity index (χ1v) is 35.0. The maximum Gasteiger partial charge on any atom is 0.306 e. The highest BCUT2D eigenvalue weighted by atomic mass is 16.6. The van der Waals surface area contributed by atoms with Crippen molar-refractivity contribution in [1.29, 1.82) is 0 Å². The maximum atomic E-state index is 12.4. The van der Waals surface area contributed by atoms with Crippen LogP contribution in [0.25, 0.3) is 0 Å². The molecule has 0 amide bonds. The van der Waals surface area contributed by atoms with Crippen LogP contribution in [0.2, 0.25) is 0 Å². The summed E-state index contributed by atoms with van der Waals surface area (Å²) < 4.78 is 10.8. The first kappa shape index (κ1) is 80.7. The predicted molar refractivity (Wildman–Crippen MR) is 379 cm³/mol. The Balaban J connectivity index is 3.57. The van der Waals surface area contributed by atoms with Gasteiger partial charge in [-0.2, -0.15) is 0 Å². The van der Waals surface area contributed by atoms with Crippen LogP contribution in [-0.4, -0.2) is 36.4 Å². The van der Waals surface area contributed by atoms with Gasteiger partial charge in [-0.25, -0.2) is 0 Å². The van der Waals surface area contributed by atoms with Crippen LogP contribution in [0.1, 0.15) is 284 Å². The van der Waals surface area contributed by atoms with Crippen LogP contribution in [-0.2, 0) is 19.1 Å². The van der Waals surface area contributed by atoms with E-state index >= 15 is 0 Å². The lowest BCUT2D eigenvalue weighted by molar-refractivity contribution is -0.161. The number of hydrogen-bond donors (Lipinski definition) is 1. The molecule has 0 saturated heterocycles. The summed E-state index contributed by atoms with van der Waals surface area (Å²) in [5, 5.41) is 9.71. The van der Waals surface area contributed by atoms with Gasteiger partial charge in [0.15, 0.2) is 6.10 Å². The Morgan fingerprint density at radius 1 is 0.267 bits per heavy atom. The van der Waals surface area contributed by atoms with Crippen molar-refractivity contribution in [3.8, 4) is 0 Å². The van der Waals surface area contributed by atoms with Gasteiger partial charge in [-0.05, 0) is 141 Å². The number of ether oxygens (including phenoxy) is 2. The summed E-state index contributed by atoms with van der Waals surface area (Å²) in [5.41, 5.74) is 0. The molecule has 0 aromatic rings. The Bertz CT molecular complexity index is 1970. The van der Waals surface area contributed by atoms with E-state index in [1.807, 2.05) is 0 Å². The fourth-order valence-corrected chi connectivity index (χ4v) is 9.24. The fourth-order valence-electron chi connectivity index (χ4n) is 9.24. The van der Waals surface area contributed by atoms with Crippen molar-refractivity contribution < 1.29 is 24.2 Å². The quantitative estimate of drug-likeness (QED) is 0.0373. The van der Waals surface area contributed by atoms with Crippen molar-refractivity contribution in [2.45, 2.75) is 290 Å². The summed E-state index contributed by atoms with van der Waals surface area (Å²) in [7, 11) is 0. The summed E-state index contributed by atoms with van der Waals surface area (Å²) in [6.45, 7) is 3.91. The zero-order chi connectivity index (χ0) is 61.9. The fraction of sp³-hybridized carbons (Fsp3) is 0.580.